The number of halogens is 2. The van der Waals surface area contributed by atoms with E-state index in [2.05, 4.69) is 10.2 Å². The van der Waals surface area contributed by atoms with Crippen LogP contribution >= 0.6 is 23.4 Å². The van der Waals surface area contributed by atoms with E-state index in [0.29, 0.717) is 43.3 Å². The van der Waals surface area contributed by atoms with E-state index in [1.807, 2.05) is 36.1 Å². The lowest BCUT2D eigenvalue weighted by molar-refractivity contribution is -0.132. The molecule has 1 unspecified atom stereocenters. The Kier molecular flexibility index (Phi) is 7.75. The summed E-state index contributed by atoms with van der Waals surface area (Å²) in [5.41, 5.74) is 1.24. The predicted molar refractivity (Wildman–Crippen MR) is 119 cm³/mol. The molecular formula is C22H25ClFN3O2S. The van der Waals surface area contributed by atoms with E-state index in [1.54, 1.807) is 12.1 Å². The Balaban J connectivity index is 1.50. The lowest BCUT2D eigenvalue weighted by Crippen LogP contribution is -2.50. The Bertz CT molecular complexity index is 882. The van der Waals surface area contributed by atoms with Crippen LogP contribution in [-0.4, -0.2) is 53.0 Å². The number of piperazine rings is 1. The molecule has 1 heterocycles. The summed E-state index contributed by atoms with van der Waals surface area (Å²) in [6.07, 6.45) is 0. The van der Waals surface area contributed by atoms with Crippen LogP contribution in [0.25, 0.3) is 0 Å². The number of nitrogens with zero attached hydrogens (tertiary/aromatic N) is 2. The normalized spacial score (nSPS) is 15.7. The molecular weight excluding hydrogens is 425 g/mol. The summed E-state index contributed by atoms with van der Waals surface area (Å²) in [6, 6.07) is 12.2. The fourth-order valence-electron chi connectivity index (χ4n) is 3.37. The van der Waals surface area contributed by atoms with E-state index in [4.69, 9.17) is 11.6 Å². The maximum atomic E-state index is 14.0. The van der Waals surface area contributed by atoms with Gasteiger partial charge in [-0.25, -0.2) is 4.39 Å². The first-order valence-corrected chi connectivity index (χ1v) is 11.1. The van der Waals surface area contributed by atoms with Gasteiger partial charge in [-0.1, -0.05) is 17.7 Å². The molecule has 30 heavy (non-hydrogen) atoms. The van der Waals surface area contributed by atoms with Crippen LogP contribution in [0.3, 0.4) is 0 Å². The number of hydrogen-bond acceptors (Lipinski definition) is 4. The third-order valence-electron chi connectivity index (χ3n) is 4.96. The Labute approximate surface area is 185 Å². The molecule has 5 nitrogen and oxygen atoms in total. The number of anilines is 1. The summed E-state index contributed by atoms with van der Waals surface area (Å²) in [7, 11) is 0. The molecule has 1 atom stereocenters. The minimum atomic E-state index is -0.296. The first-order chi connectivity index (χ1) is 14.3. The van der Waals surface area contributed by atoms with E-state index in [9.17, 15) is 14.0 Å². The van der Waals surface area contributed by atoms with Crippen molar-refractivity contribution in [2.24, 2.45) is 0 Å². The first-order valence-electron chi connectivity index (χ1n) is 9.82. The molecule has 0 spiro atoms. The number of hydrogen-bond donors (Lipinski definition) is 1. The second-order valence-electron chi connectivity index (χ2n) is 7.27. The average Bonchev–Trinajstić information content (AvgIpc) is 2.72. The van der Waals surface area contributed by atoms with E-state index in [-0.39, 0.29) is 22.9 Å². The molecule has 1 aliphatic heterocycles. The van der Waals surface area contributed by atoms with Crippen molar-refractivity contribution in [1.82, 2.24) is 9.80 Å². The molecule has 2 amide bonds. The molecule has 0 saturated carbocycles. The topological polar surface area (TPSA) is 52.7 Å². The maximum absolute atomic E-state index is 14.0. The van der Waals surface area contributed by atoms with Gasteiger partial charge < -0.3 is 10.2 Å². The van der Waals surface area contributed by atoms with Gasteiger partial charge in [0.05, 0.1) is 5.25 Å². The van der Waals surface area contributed by atoms with Crippen LogP contribution < -0.4 is 5.32 Å². The molecule has 2 aromatic carbocycles. The third-order valence-corrected chi connectivity index (χ3v) is 6.42. The van der Waals surface area contributed by atoms with Gasteiger partial charge >= 0.3 is 0 Å². The van der Waals surface area contributed by atoms with E-state index < -0.39 is 0 Å². The maximum Gasteiger partial charge on any atom is 0.235 e. The SMILES string of the molecule is CC(=O)Nc1ccc(SC(C)C(=O)N2CCN(Cc3c(F)cccc3Cl)CC2)cc1. The largest absolute Gasteiger partial charge is 0.339 e. The zero-order chi connectivity index (χ0) is 21.7. The number of rotatable bonds is 6. The Morgan fingerprint density at radius 2 is 1.80 bits per heavy atom. The molecule has 0 aromatic heterocycles. The molecule has 160 valence electrons. The Morgan fingerprint density at radius 3 is 2.40 bits per heavy atom. The fourth-order valence-corrected chi connectivity index (χ4v) is 4.54. The monoisotopic (exact) mass is 449 g/mol. The summed E-state index contributed by atoms with van der Waals surface area (Å²) in [5.74, 6) is -0.319. The quantitative estimate of drug-likeness (QED) is 0.669. The molecule has 0 aliphatic carbocycles. The molecule has 2 aromatic rings. The molecule has 1 fully saturated rings. The summed E-state index contributed by atoms with van der Waals surface area (Å²) in [5, 5.41) is 2.94. The summed E-state index contributed by atoms with van der Waals surface area (Å²) in [6.45, 7) is 6.39. The highest BCUT2D eigenvalue weighted by Gasteiger charge is 2.26. The van der Waals surface area contributed by atoms with E-state index >= 15 is 0 Å². The van der Waals surface area contributed by atoms with Crippen molar-refractivity contribution in [3.8, 4) is 0 Å². The van der Waals surface area contributed by atoms with Gasteiger partial charge in [0.15, 0.2) is 0 Å². The van der Waals surface area contributed by atoms with Crippen molar-refractivity contribution in [2.45, 2.75) is 30.5 Å². The summed E-state index contributed by atoms with van der Waals surface area (Å²) >= 11 is 7.62. The lowest BCUT2D eigenvalue weighted by Gasteiger charge is -2.36. The van der Waals surface area contributed by atoms with Gasteiger partial charge in [-0.2, -0.15) is 0 Å². The zero-order valence-electron chi connectivity index (χ0n) is 17.0. The van der Waals surface area contributed by atoms with E-state index in [1.165, 1.54) is 24.8 Å². The summed E-state index contributed by atoms with van der Waals surface area (Å²) < 4.78 is 14.0. The molecule has 1 saturated heterocycles. The number of carbonyl (C=O) groups excluding carboxylic acids is 2. The van der Waals surface area contributed by atoms with Gasteiger partial charge in [-0.15, -0.1) is 11.8 Å². The van der Waals surface area contributed by atoms with Crippen molar-refractivity contribution < 1.29 is 14.0 Å². The van der Waals surface area contributed by atoms with Crippen LogP contribution in [0.2, 0.25) is 5.02 Å². The third kappa shape index (κ3) is 5.97. The summed E-state index contributed by atoms with van der Waals surface area (Å²) in [4.78, 5) is 28.9. The molecule has 3 rings (SSSR count). The second kappa shape index (κ2) is 10.3. The van der Waals surface area contributed by atoms with Gasteiger partial charge in [-0.3, -0.25) is 14.5 Å². The van der Waals surface area contributed by atoms with Crippen molar-refractivity contribution in [2.75, 3.05) is 31.5 Å². The fraction of sp³-hybridized carbons (Fsp3) is 0.364. The first kappa shape index (κ1) is 22.6. The number of carbonyl (C=O) groups is 2. The zero-order valence-corrected chi connectivity index (χ0v) is 18.6. The van der Waals surface area contributed by atoms with Crippen LogP contribution in [-0.2, 0) is 16.1 Å². The van der Waals surface area contributed by atoms with Crippen molar-refractivity contribution in [1.29, 1.82) is 0 Å². The minimum Gasteiger partial charge on any atom is -0.339 e. The number of thioether (sulfide) groups is 1. The smallest absolute Gasteiger partial charge is 0.235 e. The Morgan fingerprint density at radius 1 is 1.13 bits per heavy atom. The highest BCUT2D eigenvalue weighted by molar-refractivity contribution is 8.00. The number of benzene rings is 2. The van der Waals surface area contributed by atoms with Gasteiger partial charge in [0.2, 0.25) is 11.8 Å². The highest BCUT2D eigenvalue weighted by Crippen LogP contribution is 2.27. The van der Waals surface area contributed by atoms with Crippen LogP contribution in [0.1, 0.15) is 19.4 Å². The average molecular weight is 450 g/mol. The molecule has 8 heteroatoms. The van der Waals surface area contributed by atoms with Gasteiger partial charge in [0.25, 0.3) is 0 Å². The van der Waals surface area contributed by atoms with Crippen LogP contribution in [0.4, 0.5) is 10.1 Å². The molecule has 0 radical (unpaired) electrons. The van der Waals surface area contributed by atoms with Gasteiger partial charge in [-0.05, 0) is 43.3 Å². The molecule has 0 bridgehead atoms. The highest BCUT2D eigenvalue weighted by atomic mass is 35.5. The van der Waals surface area contributed by atoms with Crippen LogP contribution in [0.15, 0.2) is 47.4 Å². The van der Waals surface area contributed by atoms with Crippen molar-refractivity contribution in [3.63, 3.8) is 0 Å². The minimum absolute atomic E-state index is 0.0921. The number of nitrogens with one attached hydrogen (secondary N) is 1. The van der Waals surface area contributed by atoms with Gasteiger partial charge in [0.1, 0.15) is 5.82 Å². The molecule has 1 aliphatic rings. The predicted octanol–water partition coefficient (Wildman–Crippen LogP) is 4.26. The second-order valence-corrected chi connectivity index (χ2v) is 9.09. The van der Waals surface area contributed by atoms with Crippen LogP contribution in [0, 0.1) is 5.82 Å². The van der Waals surface area contributed by atoms with Crippen molar-refractivity contribution in [3.05, 3.63) is 58.9 Å². The van der Waals surface area contributed by atoms with Crippen LogP contribution in [0.5, 0.6) is 0 Å². The van der Waals surface area contributed by atoms with Gasteiger partial charge in [0, 0.05) is 60.8 Å². The lowest BCUT2D eigenvalue weighted by atomic mass is 10.1. The molecule has 1 N–H and O–H groups in total. The van der Waals surface area contributed by atoms with Crippen molar-refractivity contribution >= 4 is 40.9 Å². The Hall–Kier alpha value is -2.09. The standard InChI is InChI=1S/C22H25ClFN3O2S/c1-15(30-18-8-6-17(7-9-18)25-16(2)28)22(29)27-12-10-26(11-13-27)14-19-20(23)4-3-5-21(19)24/h3-9,15H,10-14H2,1-2H3,(H,25,28). The van der Waals surface area contributed by atoms with E-state index in [0.717, 1.165) is 10.6 Å². The number of amides is 2.